The summed E-state index contributed by atoms with van der Waals surface area (Å²) in [6.45, 7) is 0. The fraction of sp³-hybridized carbons (Fsp3) is 0.0909. The lowest BCUT2D eigenvalue weighted by Gasteiger charge is -2.07. The molecule has 0 fully saturated rings. The number of phenolic OH excluding ortho intramolecular Hbond substituents is 1. The Labute approximate surface area is 100 Å². The van der Waals surface area contributed by atoms with E-state index in [4.69, 9.17) is 14.4 Å². The molecule has 94 valence electrons. The van der Waals surface area contributed by atoms with Crippen LogP contribution in [0.25, 0.3) is 11.3 Å². The number of carbonyl (C=O) groups is 1. The summed E-state index contributed by atoms with van der Waals surface area (Å²) >= 11 is 0. The summed E-state index contributed by atoms with van der Waals surface area (Å²) in [5.74, 6) is -2.88. The molecule has 0 bridgehead atoms. The summed E-state index contributed by atoms with van der Waals surface area (Å²) in [5.41, 5.74) is -0.0905. The summed E-state index contributed by atoms with van der Waals surface area (Å²) in [6.07, 6.45) is 0. The van der Waals surface area contributed by atoms with Gasteiger partial charge >= 0.3 is 5.97 Å². The van der Waals surface area contributed by atoms with Crippen molar-refractivity contribution in [2.75, 3.05) is 7.11 Å². The molecule has 1 aromatic heterocycles. The van der Waals surface area contributed by atoms with Gasteiger partial charge in [-0.1, -0.05) is 5.16 Å². The minimum atomic E-state index is -1.25. The number of methoxy groups -OCH3 is 1. The number of hydrogen-bond donors (Lipinski definition) is 2. The average molecular weight is 253 g/mol. The van der Waals surface area contributed by atoms with E-state index in [0.717, 1.165) is 12.1 Å². The Hall–Kier alpha value is -2.57. The van der Waals surface area contributed by atoms with Crippen LogP contribution in [0.15, 0.2) is 22.7 Å². The molecule has 0 aliphatic rings. The van der Waals surface area contributed by atoms with E-state index in [-0.39, 0.29) is 22.8 Å². The summed E-state index contributed by atoms with van der Waals surface area (Å²) < 4.78 is 22.8. The monoisotopic (exact) mass is 253 g/mol. The lowest BCUT2D eigenvalue weighted by atomic mass is 10.1. The minimum absolute atomic E-state index is 0.0551. The van der Waals surface area contributed by atoms with Crippen molar-refractivity contribution >= 4 is 5.97 Å². The second-order valence-corrected chi connectivity index (χ2v) is 3.36. The number of carboxylic acids is 1. The average Bonchev–Trinajstić information content (AvgIpc) is 2.82. The Morgan fingerprint density at radius 2 is 2.22 bits per heavy atom. The molecule has 18 heavy (non-hydrogen) atoms. The number of phenols is 1. The maximum absolute atomic E-state index is 13.1. The first-order chi connectivity index (χ1) is 8.54. The van der Waals surface area contributed by atoms with Crippen molar-refractivity contribution in [2.24, 2.45) is 0 Å². The second kappa shape index (κ2) is 4.36. The molecular weight excluding hydrogens is 245 g/mol. The van der Waals surface area contributed by atoms with E-state index in [9.17, 15) is 14.3 Å². The highest BCUT2D eigenvalue weighted by molar-refractivity contribution is 5.87. The van der Waals surface area contributed by atoms with Crippen molar-refractivity contribution in [3.63, 3.8) is 0 Å². The van der Waals surface area contributed by atoms with Gasteiger partial charge in [0.05, 0.1) is 12.7 Å². The van der Waals surface area contributed by atoms with Crippen LogP contribution >= 0.6 is 0 Å². The van der Waals surface area contributed by atoms with E-state index < -0.39 is 17.5 Å². The maximum atomic E-state index is 13.1. The number of benzene rings is 1. The van der Waals surface area contributed by atoms with Gasteiger partial charge in [-0.15, -0.1) is 0 Å². The molecule has 2 rings (SSSR count). The molecule has 0 aliphatic heterocycles. The van der Waals surface area contributed by atoms with Crippen LogP contribution in [0.2, 0.25) is 0 Å². The molecule has 0 radical (unpaired) electrons. The van der Waals surface area contributed by atoms with Gasteiger partial charge in [-0.3, -0.25) is 0 Å². The van der Waals surface area contributed by atoms with E-state index in [1.54, 1.807) is 0 Å². The molecule has 2 N–H and O–H groups in total. The number of nitrogens with zero attached hydrogens (tertiary/aromatic N) is 1. The van der Waals surface area contributed by atoms with E-state index in [2.05, 4.69) is 5.16 Å². The molecule has 0 amide bonds. The summed E-state index contributed by atoms with van der Waals surface area (Å²) in [6, 6.07) is 3.45. The predicted octanol–water partition coefficient (Wildman–Crippen LogP) is 1.89. The maximum Gasteiger partial charge on any atom is 0.358 e. The first-order valence-corrected chi connectivity index (χ1v) is 4.80. The van der Waals surface area contributed by atoms with Crippen LogP contribution < -0.4 is 4.74 Å². The topological polar surface area (TPSA) is 92.8 Å². The summed E-state index contributed by atoms with van der Waals surface area (Å²) in [4.78, 5) is 10.7. The third-order valence-corrected chi connectivity index (χ3v) is 2.28. The van der Waals surface area contributed by atoms with Gasteiger partial charge in [-0.25, -0.2) is 9.18 Å². The molecule has 0 unspecified atom stereocenters. The van der Waals surface area contributed by atoms with Crippen molar-refractivity contribution < 1.29 is 28.7 Å². The van der Waals surface area contributed by atoms with Crippen molar-refractivity contribution in [3.8, 4) is 22.8 Å². The Morgan fingerprint density at radius 3 is 2.78 bits per heavy atom. The molecule has 0 atom stereocenters. The van der Waals surface area contributed by atoms with Gasteiger partial charge in [0, 0.05) is 6.07 Å². The number of aromatic nitrogens is 1. The molecule has 7 heteroatoms. The Balaban J connectivity index is 2.56. The molecule has 1 aromatic carbocycles. The van der Waals surface area contributed by atoms with Crippen molar-refractivity contribution in [1.29, 1.82) is 0 Å². The Morgan fingerprint density at radius 1 is 1.50 bits per heavy atom. The molecule has 2 aromatic rings. The van der Waals surface area contributed by atoms with E-state index >= 15 is 0 Å². The standard InChI is InChI=1S/C11H8FNO5/c1-17-10-5(2-3-6(12)9(10)14)8-4-7(11(15)16)13-18-8/h2-4,14H,1H3,(H,15,16). The minimum Gasteiger partial charge on any atom is -0.502 e. The molecule has 6 nitrogen and oxygen atoms in total. The number of aromatic carboxylic acids is 1. The first-order valence-electron chi connectivity index (χ1n) is 4.80. The summed E-state index contributed by atoms with van der Waals surface area (Å²) in [7, 11) is 1.24. The molecule has 0 saturated heterocycles. The predicted molar refractivity (Wildman–Crippen MR) is 57.1 cm³/mol. The lowest BCUT2D eigenvalue weighted by molar-refractivity contribution is 0.0686. The van der Waals surface area contributed by atoms with Gasteiger partial charge in [0.25, 0.3) is 0 Å². The van der Waals surface area contributed by atoms with Crippen LogP contribution in [0, 0.1) is 5.82 Å². The number of aromatic hydroxyl groups is 1. The van der Waals surface area contributed by atoms with Crippen LogP contribution in [-0.2, 0) is 0 Å². The Bertz CT molecular complexity index is 607. The fourth-order valence-electron chi connectivity index (χ4n) is 1.45. The fourth-order valence-corrected chi connectivity index (χ4v) is 1.45. The number of ether oxygens (including phenoxy) is 1. The van der Waals surface area contributed by atoms with Crippen LogP contribution in [0.1, 0.15) is 10.5 Å². The van der Waals surface area contributed by atoms with Gasteiger partial charge in [0.15, 0.2) is 28.8 Å². The van der Waals surface area contributed by atoms with E-state index in [1.165, 1.54) is 13.2 Å². The zero-order valence-corrected chi connectivity index (χ0v) is 9.18. The number of carboxylic acid groups (broad SMARTS) is 1. The normalized spacial score (nSPS) is 10.3. The van der Waals surface area contributed by atoms with Gasteiger partial charge in [-0.2, -0.15) is 0 Å². The zero-order chi connectivity index (χ0) is 13.3. The van der Waals surface area contributed by atoms with Crippen molar-refractivity contribution in [3.05, 3.63) is 29.7 Å². The lowest BCUT2D eigenvalue weighted by Crippen LogP contribution is -1.94. The Kier molecular flexibility index (Phi) is 2.88. The zero-order valence-electron chi connectivity index (χ0n) is 9.18. The van der Waals surface area contributed by atoms with Gasteiger partial charge in [0.2, 0.25) is 0 Å². The largest absolute Gasteiger partial charge is 0.502 e. The highest BCUT2D eigenvalue weighted by Gasteiger charge is 2.19. The van der Waals surface area contributed by atoms with E-state index in [0.29, 0.717) is 0 Å². The third-order valence-electron chi connectivity index (χ3n) is 2.28. The van der Waals surface area contributed by atoms with Gasteiger partial charge in [0.1, 0.15) is 0 Å². The van der Waals surface area contributed by atoms with Crippen molar-refractivity contribution in [1.82, 2.24) is 5.16 Å². The number of hydrogen-bond acceptors (Lipinski definition) is 5. The van der Waals surface area contributed by atoms with Crippen LogP contribution in [0.4, 0.5) is 4.39 Å². The molecule has 0 spiro atoms. The van der Waals surface area contributed by atoms with Crippen LogP contribution in [0.3, 0.4) is 0 Å². The number of halogens is 1. The van der Waals surface area contributed by atoms with Crippen molar-refractivity contribution in [2.45, 2.75) is 0 Å². The molecule has 0 aliphatic carbocycles. The quantitative estimate of drug-likeness (QED) is 0.867. The van der Waals surface area contributed by atoms with Crippen LogP contribution in [-0.4, -0.2) is 28.4 Å². The van der Waals surface area contributed by atoms with Gasteiger partial charge in [-0.05, 0) is 12.1 Å². The highest BCUT2D eigenvalue weighted by Crippen LogP contribution is 2.39. The SMILES string of the molecule is COc1c(-c2cc(C(=O)O)no2)ccc(F)c1O. The van der Waals surface area contributed by atoms with E-state index in [1.807, 2.05) is 0 Å². The smallest absolute Gasteiger partial charge is 0.358 e. The third kappa shape index (κ3) is 1.86. The molecule has 1 heterocycles. The second-order valence-electron chi connectivity index (χ2n) is 3.36. The highest BCUT2D eigenvalue weighted by atomic mass is 19.1. The van der Waals surface area contributed by atoms with Crippen LogP contribution in [0.5, 0.6) is 11.5 Å². The molecular formula is C11H8FNO5. The number of rotatable bonds is 3. The van der Waals surface area contributed by atoms with Gasteiger partial charge < -0.3 is 19.5 Å². The first kappa shape index (κ1) is 11.9. The molecule has 0 saturated carbocycles. The summed E-state index contributed by atoms with van der Waals surface area (Å²) in [5, 5.41) is 21.5.